The summed E-state index contributed by atoms with van der Waals surface area (Å²) in [6.07, 6.45) is 1.53. The lowest BCUT2D eigenvalue weighted by Gasteiger charge is -2.40. The quantitative estimate of drug-likeness (QED) is 0.832. The van der Waals surface area contributed by atoms with E-state index in [-0.39, 0.29) is 36.2 Å². The van der Waals surface area contributed by atoms with Gasteiger partial charge in [-0.1, -0.05) is 39.0 Å². The molecule has 1 aromatic carbocycles. The number of carbonyl (C=O) groups is 2. The van der Waals surface area contributed by atoms with Crippen LogP contribution in [0, 0.1) is 0 Å². The van der Waals surface area contributed by atoms with Crippen LogP contribution < -0.4 is 9.46 Å². The number of amides is 2. The Labute approximate surface area is 151 Å². The van der Waals surface area contributed by atoms with Crippen LogP contribution in [-0.2, 0) is 26.0 Å². The van der Waals surface area contributed by atoms with E-state index >= 15 is 0 Å². The van der Waals surface area contributed by atoms with Crippen LogP contribution in [0.3, 0.4) is 0 Å². The fraction of sp³-hybridized carbons (Fsp3) is 0.556. The molecule has 0 saturated carbocycles. The Balaban J connectivity index is 1.80. The number of nitrogens with zero attached hydrogens (tertiary/aromatic N) is 1. The maximum Gasteiger partial charge on any atom is 0.232 e. The number of ether oxygens (including phenoxy) is 1. The molecule has 1 saturated heterocycles. The number of para-hydroxylation sites is 1. The summed E-state index contributed by atoms with van der Waals surface area (Å²) in [6.45, 7) is 7.47. The van der Waals surface area contributed by atoms with Gasteiger partial charge in [-0.3, -0.25) is 14.3 Å². The lowest BCUT2D eigenvalue weighted by atomic mass is 9.86. The third kappa shape index (κ3) is 5.56. The first-order valence-electron chi connectivity index (χ1n) is 8.33. The van der Waals surface area contributed by atoms with Crippen LogP contribution in [0.4, 0.5) is 0 Å². The highest BCUT2D eigenvalue weighted by Gasteiger charge is 2.33. The first-order valence-corrected chi connectivity index (χ1v) is 9.89. The van der Waals surface area contributed by atoms with Crippen molar-refractivity contribution in [1.82, 2.24) is 9.62 Å². The number of rotatable bonds is 6. The molecule has 1 fully saturated rings. The normalized spacial score (nSPS) is 16.1. The summed E-state index contributed by atoms with van der Waals surface area (Å²) in [5.74, 6) is 0.402. The molecule has 0 bridgehead atoms. The van der Waals surface area contributed by atoms with E-state index in [1.807, 2.05) is 18.2 Å². The Bertz CT molecular complexity index is 663. The van der Waals surface area contributed by atoms with Crippen LogP contribution in [0.25, 0.3) is 0 Å². The number of nitrogens with one attached hydrogen (secondary N) is 1. The molecule has 1 heterocycles. The minimum atomic E-state index is -1.39. The van der Waals surface area contributed by atoms with Gasteiger partial charge in [0.05, 0.1) is 13.1 Å². The molecule has 1 N–H and O–H groups in total. The molecule has 1 unspecified atom stereocenters. The van der Waals surface area contributed by atoms with E-state index in [2.05, 4.69) is 31.6 Å². The Kier molecular flexibility index (Phi) is 6.21. The number of benzene rings is 1. The maximum atomic E-state index is 12.1. The van der Waals surface area contributed by atoms with Crippen LogP contribution in [0.1, 0.15) is 39.2 Å². The molecule has 1 aliphatic heterocycles. The summed E-state index contributed by atoms with van der Waals surface area (Å²) in [7, 11) is -1.39. The van der Waals surface area contributed by atoms with Gasteiger partial charge in [0.15, 0.2) is 0 Å². The molecule has 25 heavy (non-hydrogen) atoms. The van der Waals surface area contributed by atoms with E-state index in [0.717, 1.165) is 11.3 Å². The zero-order chi connectivity index (χ0) is 18.6. The summed E-state index contributed by atoms with van der Waals surface area (Å²) in [4.78, 5) is 25.2. The third-order valence-corrected chi connectivity index (χ3v) is 4.53. The van der Waals surface area contributed by atoms with Gasteiger partial charge in [-0.2, -0.15) is 0 Å². The Morgan fingerprint density at radius 1 is 1.24 bits per heavy atom. The van der Waals surface area contributed by atoms with E-state index in [1.54, 1.807) is 4.90 Å². The van der Waals surface area contributed by atoms with Gasteiger partial charge in [-0.05, 0) is 17.0 Å². The molecular formula is C18H26N2O4S. The highest BCUT2D eigenvalue weighted by atomic mass is 32.2. The monoisotopic (exact) mass is 366 g/mol. The fourth-order valence-corrected chi connectivity index (χ4v) is 3.10. The number of likely N-dealkylation sites (tertiary alicyclic amines) is 1. The molecule has 2 amide bonds. The number of hydrogen-bond donors (Lipinski definition) is 1. The summed E-state index contributed by atoms with van der Waals surface area (Å²) >= 11 is 0. The average molecular weight is 366 g/mol. The van der Waals surface area contributed by atoms with Crippen molar-refractivity contribution in [3.63, 3.8) is 0 Å². The van der Waals surface area contributed by atoms with Gasteiger partial charge in [0.1, 0.15) is 22.8 Å². The van der Waals surface area contributed by atoms with E-state index in [0.29, 0.717) is 13.1 Å². The summed E-state index contributed by atoms with van der Waals surface area (Å²) < 4.78 is 19.2. The lowest BCUT2D eigenvalue weighted by Crippen LogP contribution is -2.56. The predicted octanol–water partition coefficient (Wildman–Crippen LogP) is 1.76. The van der Waals surface area contributed by atoms with Crippen LogP contribution in [0.15, 0.2) is 24.3 Å². The molecule has 1 aromatic rings. The molecule has 1 aliphatic rings. The Hall–Kier alpha value is -1.89. The van der Waals surface area contributed by atoms with Crippen molar-refractivity contribution in [3.05, 3.63) is 29.8 Å². The number of hydrogen-bond acceptors (Lipinski definition) is 4. The smallest absolute Gasteiger partial charge is 0.232 e. The fourth-order valence-electron chi connectivity index (χ4n) is 2.67. The molecule has 1 atom stereocenters. The van der Waals surface area contributed by atoms with E-state index in [4.69, 9.17) is 4.74 Å². The van der Waals surface area contributed by atoms with Gasteiger partial charge in [0, 0.05) is 19.1 Å². The minimum absolute atomic E-state index is 0.0113. The van der Waals surface area contributed by atoms with Crippen molar-refractivity contribution in [2.24, 2.45) is 0 Å². The van der Waals surface area contributed by atoms with Crippen LogP contribution in [0.5, 0.6) is 5.75 Å². The minimum Gasteiger partial charge on any atom is -0.486 e. The van der Waals surface area contributed by atoms with Crippen LogP contribution in [0.2, 0.25) is 0 Å². The average Bonchev–Trinajstić information content (AvgIpc) is 2.47. The van der Waals surface area contributed by atoms with Crippen molar-refractivity contribution >= 4 is 22.8 Å². The zero-order valence-corrected chi connectivity index (χ0v) is 16.0. The summed E-state index contributed by atoms with van der Waals surface area (Å²) in [6, 6.07) is 7.97. The van der Waals surface area contributed by atoms with Crippen LogP contribution in [-0.4, -0.2) is 46.4 Å². The molecule has 138 valence electrons. The van der Waals surface area contributed by atoms with Gasteiger partial charge in [0.25, 0.3) is 0 Å². The first kappa shape index (κ1) is 19.4. The van der Waals surface area contributed by atoms with Gasteiger partial charge in [-0.25, -0.2) is 4.21 Å². The molecule has 0 spiro atoms. The van der Waals surface area contributed by atoms with Crippen molar-refractivity contribution in [3.8, 4) is 5.75 Å². The zero-order valence-electron chi connectivity index (χ0n) is 15.2. The first-order chi connectivity index (χ1) is 11.7. The molecule has 0 radical (unpaired) electrons. The third-order valence-electron chi connectivity index (χ3n) is 4.01. The maximum absolute atomic E-state index is 12.1. The van der Waals surface area contributed by atoms with Gasteiger partial charge < -0.3 is 9.64 Å². The second-order valence-corrected chi connectivity index (χ2v) is 8.38. The molecule has 0 aromatic heterocycles. The largest absolute Gasteiger partial charge is 0.486 e. The van der Waals surface area contributed by atoms with Crippen LogP contribution >= 0.6 is 0 Å². The second kappa shape index (κ2) is 7.99. The highest BCUT2D eigenvalue weighted by Crippen LogP contribution is 2.32. The van der Waals surface area contributed by atoms with Crippen molar-refractivity contribution in [1.29, 1.82) is 0 Å². The number of carbonyl (C=O) groups excluding carboxylic acids is 2. The van der Waals surface area contributed by atoms with E-state index in [9.17, 15) is 13.8 Å². The van der Waals surface area contributed by atoms with Crippen molar-refractivity contribution < 1.29 is 18.5 Å². The SMILES string of the molecule is CS(=O)NC(=O)CCC(=O)N1CC(Oc2ccccc2C(C)(C)C)C1. The predicted molar refractivity (Wildman–Crippen MR) is 97.6 cm³/mol. The molecule has 7 heteroatoms. The molecular weight excluding hydrogens is 340 g/mol. The van der Waals surface area contributed by atoms with Gasteiger partial charge >= 0.3 is 0 Å². The van der Waals surface area contributed by atoms with Crippen molar-refractivity contribution in [2.75, 3.05) is 19.3 Å². The molecule has 6 nitrogen and oxygen atoms in total. The second-order valence-electron chi connectivity index (χ2n) is 7.26. The lowest BCUT2D eigenvalue weighted by molar-refractivity contribution is -0.141. The summed E-state index contributed by atoms with van der Waals surface area (Å²) in [5.41, 5.74) is 1.13. The van der Waals surface area contributed by atoms with Crippen molar-refractivity contribution in [2.45, 2.75) is 45.1 Å². The topological polar surface area (TPSA) is 75.7 Å². The highest BCUT2D eigenvalue weighted by molar-refractivity contribution is 7.82. The van der Waals surface area contributed by atoms with Gasteiger partial charge in [0.2, 0.25) is 11.8 Å². The van der Waals surface area contributed by atoms with E-state index in [1.165, 1.54) is 6.26 Å². The Morgan fingerprint density at radius 2 is 1.88 bits per heavy atom. The summed E-state index contributed by atoms with van der Waals surface area (Å²) in [5, 5.41) is 0. The van der Waals surface area contributed by atoms with Gasteiger partial charge in [-0.15, -0.1) is 0 Å². The molecule has 2 rings (SSSR count). The molecule has 0 aliphatic carbocycles. The Morgan fingerprint density at radius 3 is 2.48 bits per heavy atom. The standard InChI is InChI=1S/C18H26N2O4S/c1-18(2,3)14-7-5-6-8-15(14)24-13-11-20(12-13)17(22)10-9-16(21)19-25(4)23/h5-8,13H,9-12H2,1-4H3,(H,19,21). The van der Waals surface area contributed by atoms with E-state index < -0.39 is 11.0 Å².